The molecule has 0 amide bonds. The predicted molar refractivity (Wildman–Crippen MR) is 117 cm³/mol. The van der Waals surface area contributed by atoms with E-state index in [1.165, 1.54) is 13.0 Å². The zero-order chi connectivity index (χ0) is 22.5. The molecule has 160 valence electrons. The third-order valence-electron chi connectivity index (χ3n) is 4.89. The number of fused-ring (bicyclic) bond motifs is 1. The highest BCUT2D eigenvalue weighted by atomic mass is 16.5. The van der Waals surface area contributed by atoms with Crippen molar-refractivity contribution in [3.05, 3.63) is 70.7 Å². The molecule has 0 fully saturated rings. The molecule has 2 aromatic heterocycles. The molecule has 0 radical (unpaired) electrons. The van der Waals surface area contributed by atoms with Gasteiger partial charge < -0.3 is 14.5 Å². The van der Waals surface area contributed by atoms with Crippen molar-refractivity contribution in [1.29, 1.82) is 0 Å². The summed E-state index contributed by atoms with van der Waals surface area (Å²) in [4.78, 5) is 44.5. The Bertz CT molecular complexity index is 1170. The number of rotatable bonds is 7. The number of carbonyl (C=O) groups is 3. The number of pyridine rings is 1. The zero-order valence-electron chi connectivity index (χ0n) is 17.9. The average molecular weight is 420 g/mol. The summed E-state index contributed by atoms with van der Waals surface area (Å²) in [6, 6.07) is 9.43. The van der Waals surface area contributed by atoms with Crippen LogP contribution in [0.1, 0.15) is 51.5 Å². The molecular formula is C24H24N2O5. The van der Waals surface area contributed by atoms with Crippen molar-refractivity contribution in [2.45, 2.75) is 33.8 Å². The molecule has 2 heterocycles. The van der Waals surface area contributed by atoms with E-state index in [0.717, 1.165) is 16.5 Å². The first-order chi connectivity index (χ1) is 14.8. The van der Waals surface area contributed by atoms with E-state index in [4.69, 9.17) is 9.47 Å². The van der Waals surface area contributed by atoms with Crippen LogP contribution in [0.4, 0.5) is 0 Å². The van der Waals surface area contributed by atoms with Crippen molar-refractivity contribution in [2.24, 2.45) is 0 Å². The maximum atomic E-state index is 12.8. The number of hydrogen-bond acceptors (Lipinski definition) is 6. The molecule has 1 aromatic carbocycles. The molecule has 7 heteroatoms. The molecule has 0 saturated carbocycles. The quantitative estimate of drug-likeness (QED) is 0.350. The fourth-order valence-corrected chi connectivity index (χ4v) is 3.40. The van der Waals surface area contributed by atoms with Crippen LogP contribution in [-0.4, -0.2) is 40.4 Å². The summed E-state index contributed by atoms with van der Waals surface area (Å²) in [5.74, 6) is -1.57. The first-order valence-electron chi connectivity index (χ1n) is 9.96. The molecule has 3 aromatic rings. The van der Waals surface area contributed by atoms with Crippen LogP contribution in [0.25, 0.3) is 17.0 Å². The van der Waals surface area contributed by atoms with E-state index < -0.39 is 23.8 Å². The minimum absolute atomic E-state index is 0.225. The Morgan fingerprint density at radius 2 is 1.90 bits per heavy atom. The van der Waals surface area contributed by atoms with Crippen molar-refractivity contribution in [2.75, 3.05) is 6.61 Å². The van der Waals surface area contributed by atoms with Gasteiger partial charge in [0, 0.05) is 28.9 Å². The van der Waals surface area contributed by atoms with Crippen molar-refractivity contribution in [3.63, 3.8) is 0 Å². The molecule has 1 N–H and O–H groups in total. The molecule has 0 aliphatic rings. The number of esters is 2. The highest BCUT2D eigenvalue weighted by Gasteiger charge is 2.27. The van der Waals surface area contributed by atoms with Crippen LogP contribution in [0.5, 0.6) is 0 Å². The number of nitrogens with zero attached hydrogens (tertiary/aromatic N) is 1. The van der Waals surface area contributed by atoms with Crippen LogP contribution in [0, 0.1) is 13.8 Å². The number of aromatic amines is 1. The molecule has 0 aliphatic heterocycles. The smallest absolute Gasteiger partial charge is 0.340 e. The number of benzene rings is 1. The molecular weight excluding hydrogens is 396 g/mol. The molecule has 0 aliphatic carbocycles. The van der Waals surface area contributed by atoms with Gasteiger partial charge in [0.1, 0.15) is 0 Å². The van der Waals surface area contributed by atoms with Gasteiger partial charge in [-0.2, -0.15) is 0 Å². The number of aryl methyl sites for hydroxylation is 1. The van der Waals surface area contributed by atoms with Gasteiger partial charge >= 0.3 is 11.9 Å². The number of H-pyrrole nitrogens is 1. The van der Waals surface area contributed by atoms with E-state index in [9.17, 15) is 14.4 Å². The predicted octanol–water partition coefficient (Wildman–Crippen LogP) is 4.18. The Morgan fingerprint density at radius 1 is 1.16 bits per heavy atom. The lowest BCUT2D eigenvalue weighted by Gasteiger charge is -2.11. The van der Waals surface area contributed by atoms with E-state index in [-0.39, 0.29) is 12.3 Å². The normalized spacial score (nSPS) is 12.1. The number of ether oxygens (including phenoxy) is 2. The minimum Gasteiger partial charge on any atom is -0.462 e. The van der Waals surface area contributed by atoms with E-state index in [2.05, 4.69) is 9.97 Å². The highest BCUT2D eigenvalue weighted by molar-refractivity contribution is 6.04. The maximum Gasteiger partial charge on any atom is 0.340 e. The minimum atomic E-state index is -1.03. The number of para-hydroxylation sites is 1. The molecule has 31 heavy (non-hydrogen) atoms. The lowest BCUT2D eigenvalue weighted by molar-refractivity contribution is -0.140. The topological polar surface area (TPSA) is 98.4 Å². The Balaban J connectivity index is 1.72. The van der Waals surface area contributed by atoms with Crippen molar-refractivity contribution in [3.8, 4) is 0 Å². The van der Waals surface area contributed by atoms with E-state index in [1.54, 1.807) is 33.0 Å². The Morgan fingerprint density at radius 3 is 2.65 bits per heavy atom. The highest BCUT2D eigenvalue weighted by Crippen LogP contribution is 2.21. The van der Waals surface area contributed by atoms with Gasteiger partial charge in [-0.3, -0.25) is 9.78 Å². The van der Waals surface area contributed by atoms with Gasteiger partial charge in [0.2, 0.25) is 5.78 Å². The van der Waals surface area contributed by atoms with Crippen LogP contribution in [0.15, 0.2) is 42.6 Å². The van der Waals surface area contributed by atoms with Crippen molar-refractivity contribution in [1.82, 2.24) is 9.97 Å². The summed E-state index contributed by atoms with van der Waals surface area (Å²) < 4.78 is 10.3. The first-order valence-corrected chi connectivity index (χ1v) is 9.96. The fourth-order valence-electron chi connectivity index (χ4n) is 3.40. The van der Waals surface area contributed by atoms with E-state index in [0.29, 0.717) is 16.8 Å². The maximum absolute atomic E-state index is 12.8. The van der Waals surface area contributed by atoms with E-state index in [1.807, 2.05) is 30.3 Å². The standard InChI is InChI=1S/C24H24N2O5/c1-5-30-24(29)20-14(2)21(26-15(20)3)23(28)16(4)31-19(27)12-11-18-9-6-8-17-10-7-13-25-22(17)18/h6-13,16,26H,5H2,1-4H3/b12-11+. The van der Waals surface area contributed by atoms with Crippen molar-refractivity contribution >= 4 is 34.7 Å². The van der Waals surface area contributed by atoms with E-state index >= 15 is 0 Å². The second-order valence-electron chi connectivity index (χ2n) is 7.04. The Kier molecular flexibility index (Phi) is 6.65. The van der Waals surface area contributed by atoms with Crippen LogP contribution >= 0.6 is 0 Å². The fraction of sp³-hybridized carbons (Fsp3) is 0.250. The van der Waals surface area contributed by atoms with Gasteiger partial charge in [-0.15, -0.1) is 0 Å². The SMILES string of the molecule is CCOC(=O)c1c(C)[nH]c(C(=O)C(C)OC(=O)/C=C/c2cccc3cccnc23)c1C. The number of ketones is 1. The van der Waals surface area contributed by atoms with Crippen LogP contribution in [0.2, 0.25) is 0 Å². The summed E-state index contributed by atoms with van der Waals surface area (Å²) in [6.07, 6.45) is 3.53. The number of nitrogens with one attached hydrogen (secondary N) is 1. The summed E-state index contributed by atoms with van der Waals surface area (Å²) in [7, 11) is 0. The summed E-state index contributed by atoms with van der Waals surface area (Å²) in [6.45, 7) is 6.79. The van der Waals surface area contributed by atoms with Gasteiger partial charge in [0.15, 0.2) is 6.10 Å². The molecule has 0 bridgehead atoms. The van der Waals surface area contributed by atoms with Gasteiger partial charge in [0.25, 0.3) is 0 Å². The third kappa shape index (κ3) is 4.71. The third-order valence-corrected chi connectivity index (χ3v) is 4.89. The lowest BCUT2D eigenvalue weighted by Crippen LogP contribution is -2.24. The van der Waals surface area contributed by atoms with Crippen LogP contribution in [0.3, 0.4) is 0 Å². The Labute approximate surface area is 180 Å². The lowest BCUT2D eigenvalue weighted by atomic mass is 10.1. The van der Waals surface area contributed by atoms with Gasteiger partial charge in [-0.25, -0.2) is 9.59 Å². The average Bonchev–Trinajstić information content (AvgIpc) is 3.05. The molecule has 7 nitrogen and oxygen atoms in total. The number of Topliss-reactive ketones (excluding diaryl/α,β-unsaturated/α-hetero) is 1. The number of carbonyl (C=O) groups excluding carboxylic acids is 3. The number of hydrogen-bond donors (Lipinski definition) is 1. The monoisotopic (exact) mass is 420 g/mol. The van der Waals surface area contributed by atoms with Crippen LogP contribution < -0.4 is 0 Å². The first kappa shape index (κ1) is 22.0. The Hall–Kier alpha value is -3.74. The summed E-state index contributed by atoms with van der Waals surface area (Å²) >= 11 is 0. The molecule has 1 unspecified atom stereocenters. The van der Waals surface area contributed by atoms with Gasteiger partial charge in [0.05, 0.1) is 23.4 Å². The second-order valence-corrected chi connectivity index (χ2v) is 7.04. The van der Waals surface area contributed by atoms with Crippen LogP contribution in [-0.2, 0) is 14.3 Å². The number of aromatic nitrogens is 2. The molecule has 0 spiro atoms. The van der Waals surface area contributed by atoms with Gasteiger partial charge in [-0.05, 0) is 45.4 Å². The largest absolute Gasteiger partial charge is 0.462 e. The van der Waals surface area contributed by atoms with Crippen molar-refractivity contribution < 1.29 is 23.9 Å². The summed E-state index contributed by atoms with van der Waals surface area (Å²) in [5, 5.41) is 0.955. The molecule has 1 atom stereocenters. The zero-order valence-corrected chi connectivity index (χ0v) is 17.9. The van der Waals surface area contributed by atoms with Gasteiger partial charge in [-0.1, -0.05) is 24.3 Å². The molecule has 0 saturated heterocycles. The molecule has 3 rings (SSSR count). The summed E-state index contributed by atoms with van der Waals surface area (Å²) in [5.41, 5.74) is 3.09. The second kappa shape index (κ2) is 9.38.